The Morgan fingerprint density at radius 2 is 1.77 bits per heavy atom. The minimum absolute atomic E-state index is 0.290. The van der Waals surface area contributed by atoms with Gasteiger partial charge in [0.2, 0.25) is 0 Å². The Kier molecular flexibility index (Phi) is 4.31. The fourth-order valence-electron chi connectivity index (χ4n) is 3.11. The highest BCUT2D eigenvalue weighted by molar-refractivity contribution is 7.16. The standard InChI is InChI=1S/C21H18N2O2S/c1-3-23-17-10-6-7-11-19(17)26-21(23)22-20(24)16-12-14-8-4-5-9-15(14)13-18(16)25-2/h4-13H,3H2,1-2H3. The molecule has 0 N–H and O–H groups in total. The summed E-state index contributed by atoms with van der Waals surface area (Å²) in [6, 6.07) is 19.7. The van der Waals surface area contributed by atoms with Crippen molar-refractivity contribution in [1.29, 1.82) is 0 Å². The highest BCUT2D eigenvalue weighted by atomic mass is 32.1. The molecule has 1 aromatic heterocycles. The van der Waals surface area contributed by atoms with E-state index < -0.39 is 0 Å². The molecule has 130 valence electrons. The van der Waals surface area contributed by atoms with Crippen LogP contribution in [0.3, 0.4) is 0 Å². The predicted octanol–water partition coefficient (Wildman–Crippen LogP) is 4.63. The van der Waals surface area contributed by atoms with E-state index >= 15 is 0 Å². The maximum Gasteiger partial charge on any atom is 0.283 e. The van der Waals surface area contributed by atoms with E-state index in [4.69, 9.17) is 4.74 Å². The van der Waals surface area contributed by atoms with Gasteiger partial charge >= 0.3 is 0 Å². The molecular weight excluding hydrogens is 344 g/mol. The number of para-hydroxylation sites is 1. The molecule has 0 unspecified atom stereocenters. The van der Waals surface area contributed by atoms with Crippen molar-refractivity contribution in [2.75, 3.05) is 7.11 Å². The average molecular weight is 362 g/mol. The molecule has 1 amide bonds. The van der Waals surface area contributed by atoms with Crippen LogP contribution in [0.4, 0.5) is 0 Å². The number of aryl methyl sites for hydroxylation is 1. The number of carbonyl (C=O) groups excluding carboxylic acids is 1. The number of benzene rings is 3. The van der Waals surface area contributed by atoms with E-state index in [2.05, 4.69) is 22.5 Å². The van der Waals surface area contributed by atoms with E-state index in [1.54, 1.807) is 7.11 Å². The van der Waals surface area contributed by atoms with Crippen molar-refractivity contribution in [2.45, 2.75) is 13.5 Å². The van der Waals surface area contributed by atoms with Gasteiger partial charge in [-0.1, -0.05) is 47.7 Å². The summed E-state index contributed by atoms with van der Waals surface area (Å²) < 4.78 is 8.62. The van der Waals surface area contributed by atoms with Crippen molar-refractivity contribution in [2.24, 2.45) is 4.99 Å². The highest BCUT2D eigenvalue weighted by Crippen LogP contribution is 2.26. The predicted molar refractivity (Wildman–Crippen MR) is 106 cm³/mol. The first kappa shape index (κ1) is 16.5. The SMILES string of the molecule is CCn1c(=NC(=O)c2cc3ccccc3cc2OC)sc2ccccc21. The van der Waals surface area contributed by atoms with Gasteiger partial charge in [-0.3, -0.25) is 4.79 Å². The third kappa shape index (κ3) is 2.80. The average Bonchev–Trinajstić information content (AvgIpc) is 3.03. The fourth-order valence-corrected chi connectivity index (χ4v) is 4.21. The summed E-state index contributed by atoms with van der Waals surface area (Å²) in [6.07, 6.45) is 0. The number of ether oxygens (including phenoxy) is 1. The molecule has 3 aromatic carbocycles. The molecule has 1 heterocycles. The number of hydrogen-bond donors (Lipinski definition) is 0. The van der Waals surface area contributed by atoms with Crippen LogP contribution in [-0.2, 0) is 6.54 Å². The van der Waals surface area contributed by atoms with Gasteiger partial charge in [0.15, 0.2) is 4.80 Å². The number of amides is 1. The van der Waals surface area contributed by atoms with Gasteiger partial charge in [0, 0.05) is 6.54 Å². The van der Waals surface area contributed by atoms with Crippen LogP contribution < -0.4 is 9.54 Å². The third-order valence-electron chi connectivity index (χ3n) is 4.40. The number of carbonyl (C=O) groups is 1. The molecular formula is C21H18N2O2S. The molecule has 4 nitrogen and oxygen atoms in total. The number of hydrogen-bond acceptors (Lipinski definition) is 3. The van der Waals surface area contributed by atoms with Crippen molar-refractivity contribution in [1.82, 2.24) is 4.57 Å². The lowest BCUT2D eigenvalue weighted by molar-refractivity contribution is 0.0995. The van der Waals surface area contributed by atoms with Gasteiger partial charge in [0.05, 0.1) is 22.9 Å². The fraction of sp³-hybridized carbons (Fsp3) is 0.143. The van der Waals surface area contributed by atoms with E-state index in [-0.39, 0.29) is 5.91 Å². The summed E-state index contributed by atoms with van der Waals surface area (Å²) in [5.74, 6) is 0.253. The van der Waals surface area contributed by atoms with Gasteiger partial charge in [-0.25, -0.2) is 0 Å². The Morgan fingerprint density at radius 1 is 1.08 bits per heavy atom. The van der Waals surface area contributed by atoms with Gasteiger partial charge in [-0.15, -0.1) is 0 Å². The molecule has 0 fully saturated rings. The number of fused-ring (bicyclic) bond motifs is 2. The van der Waals surface area contributed by atoms with Gasteiger partial charge in [0.25, 0.3) is 5.91 Å². The van der Waals surface area contributed by atoms with E-state index in [1.165, 1.54) is 11.3 Å². The summed E-state index contributed by atoms with van der Waals surface area (Å²) in [5.41, 5.74) is 1.57. The lowest BCUT2D eigenvalue weighted by Crippen LogP contribution is -2.16. The Hall–Kier alpha value is -2.92. The molecule has 0 saturated carbocycles. The number of methoxy groups -OCH3 is 1. The normalized spacial score (nSPS) is 12.0. The third-order valence-corrected chi connectivity index (χ3v) is 5.46. The Morgan fingerprint density at radius 3 is 2.50 bits per heavy atom. The van der Waals surface area contributed by atoms with Crippen LogP contribution in [0.25, 0.3) is 21.0 Å². The quantitative estimate of drug-likeness (QED) is 0.533. The first-order valence-corrected chi connectivity index (χ1v) is 9.27. The van der Waals surface area contributed by atoms with Gasteiger partial charge in [-0.2, -0.15) is 4.99 Å². The maximum atomic E-state index is 12.9. The first-order chi connectivity index (χ1) is 12.7. The number of nitrogens with zero attached hydrogens (tertiary/aromatic N) is 2. The second-order valence-corrected chi connectivity index (χ2v) is 6.92. The second kappa shape index (κ2) is 6.77. The molecule has 0 aliphatic heterocycles. The van der Waals surface area contributed by atoms with E-state index in [0.717, 1.165) is 27.5 Å². The van der Waals surface area contributed by atoms with E-state index in [9.17, 15) is 4.79 Å². The van der Waals surface area contributed by atoms with Crippen molar-refractivity contribution in [3.8, 4) is 5.75 Å². The highest BCUT2D eigenvalue weighted by Gasteiger charge is 2.14. The molecule has 0 aliphatic rings. The number of aromatic nitrogens is 1. The monoisotopic (exact) mass is 362 g/mol. The second-order valence-electron chi connectivity index (χ2n) is 5.91. The number of rotatable bonds is 3. The molecule has 4 rings (SSSR count). The zero-order valence-corrected chi connectivity index (χ0v) is 15.4. The molecule has 0 spiro atoms. The largest absolute Gasteiger partial charge is 0.496 e. The first-order valence-electron chi connectivity index (χ1n) is 8.45. The minimum Gasteiger partial charge on any atom is -0.496 e. The lowest BCUT2D eigenvalue weighted by atomic mass is 10.1. The molecule has 0 aliphatic carbocycles. The lowest BCUT2D eigenvalue weighted by Gasteiger charge is -2.07. The van der Waals surface area contributed by atoms with Crippen LogP contribution in [0.1, 0.15) is 17.3 Å². The molecule has 0 saturated heterocycles. The van der Waals surface area contributed by atoms with Crippen molar-refractivity contribution >= 4 is 38.2 Å². The Balaban J connectivity index is 1.89. The summed E-state index contributed by atoms with van der Waals surface area (Å²) >= 11 is 1.52. The van der Waals surface area contributed by atoms with Gasteiger partial charge in [-0.05, 0) is 42.0 Å². The summed E-state index contributed by atoms with van der Waals surface area (Å²) in [6.45, 7) is 2.81. The van der Waals surface area contributed by atoms with Crippen LogP contribution in [0, 0.1) is 0 Å². The van der Waals surface area contributed by atoms with Crippen LogP contribution in [-0.4, -0.2) is 17.6 Å². The zero-order chi connectivity index (χ0) is 18.1. The molecule has 4 aromatic rings. The van der Waals surface area contributed by atoms with Crippen LogP contribution >= 0.6 is 11.3 Å². The molecule has 0 bridgehead atoms. The molecule has 0 radical (unpaired) electrons. The van der Waals surface area contributed by atoms with Crippen LogP contribution in [0.15, 0.2) is 65.7 Å². The van der Waals surface area contributed by atoms with Gasteiger partial charge in [0.1, 0.15) is 5.75 Å². The van der Waals surface area contributed by atoms with Crippen LogP contribution in [0.2, 0.25) is 0 Å². The van der Waals surface area contributed by atoms with E-state index in [0.29, 0.717) is 16.1 Å². The minimum atomic E-state index is -0.290. The Labute approximate surface area is 155 Å². The Bertz CT molecular complexity index is 1190. The maximum absolute atomic E-state index is 12.9. The summed E-state index contributed by atoms with van der Waals surface area (Å²) in [7, 11) is 1.58. The summed E-state index contributed by atoms with van der Waals surface area (Å²) in [5, 5.41) is 2.03. The molecule has 0 atom stereocenters. The van der Waals surface area contributed by atoms with Gasteiger partial charge < -0.3 is 9.30 Å². The zero-order valence-electron chi connectivity index (χ0n) is 14.6. The number of thiazole rings is 1. The van der Waals surface area contributed by atoms with Crippen LogP contribution in [0.5, 0.6) is 5.75 Å². The van der Waals surface area contributed by atoms with Crippen molar-refractivity contribution in [3.05, 3.63) is 71.0 Å². The molecule has 5 heteroatoms. The van der Waals surface area contributed by atoms with Crippen molar-refractivity contribution in [3.63, 3.8) is 0 Å². The topological polar surface area (TPSA) is 43.6 Å². The van der Waals surface area contributed by atoms with Crippen molar-refractivity contribution < 1.29 is 9.53 Å². The summed E-state index contributed by atoms with van der Waals surface area (Å²) in [4.78, 5) is 18.0. The molecule has 26 heavy (non-hydrogen) atoms. The smallest absolute Gasteiger partial charge is 0.283 e. The van der Waals surface area contributed by atoms with E-state index in [1.807, 2.05) is 54.6 Å².